The van der Waals surface area contributed by atoms with Crippen molar-refractivity contribution in [1.82, 2.24) is 0 Å². The lowest BCUT2D eigenvalue weighted by Gasteiger charge is -1.97. The Labute approximate surface area is 80.9 Å². The van der Waals surface area contributed by atoms with E-state index >= 15 is 0 Å². The summed E-state index contributed by atoms with van der Waals surface area (Å²) in [4.78, 5) is 0.260. The summed E-state index contributed by atoms with van der Waals surface area (Å²) in [6.45, 7) is 0. The van der Waals surface area contributed by atoms with Gasteiger partial charge in [-0.3, -0.25) is 0 Å². The highest BCUT2D eigenvalue weighted by Gasteiger charge is 2.10. The minimum atomic E-state index is -3.42. The third kappa shape index (κ3) is 2.93. The van der Waals surface area contributed by atoms with Crippen molar-refractivity contribution in [2.75, 3.05) is 12.5 Å². The summed E-state index contributed by atoms with van der Waals surface area (Å²) in [6, 6.07) is 8.24. The maximum Gasteiger partial charge on any atom is 0.287 e. The number of nitrogens with zero attached hydrogens (tertiary/aromatic N) is 1. The lowest BCUT2D eigenvalue weighted by molar-refractivity contribution is 0.598. The van der Waals surface area contributed by atoms with Crippen molar-refractivity contribution in [3.05, 3.63) is 30.3 Å². The molecule has 0 saturated heterocycles. The van der Waals surface area contributed by atoms with Gasteiger partial charge in [0.25, 0.3) is 10.0 Å². The van der Waals surface area contributed by atoms with E-state index in [9.17, 15) is 8.42 Å². The predicted octanol–water partition coefficient (Wildman–Crippen LogP) is 1.44. The normalized spacial score (nSPS) is 11.6. The lowest BCUT2D eigenvalue weighted by Crippen LogP contribution is -1.97. The van der Waals surface area contributed by atoms with E-state index in [1.165, 1.54) is 0 Å². The minimum Gasteiger partial charge on any atom is -0.199 e. The third-order valence-electron chi connectivity index (χ3n) is 1.29. The first kappa shape index (κ1) is 10.4. The molecule has 0 saturated carbocycles. The van der Waals surface area contributed by atoms with Gasteiger partial charge >= 0.3 is 0 Å². The van der Waals surface area contributed by atoms with Crippen LogP contribution < -0.4 is 0 Å². The summed E-state index contributed by atoms with van der Waals surface area (Å²) in [7, 11) is -3.87. The Morgan fingerprint density at radius 2 is 1.69 bits per heavy atom. The smallest absolute Gasteiger partial charge is 0.199 e. The highest BCUT2D eigenvalue weighted by Crippen LogP contribution is 2.11. The van der Waals surface area contributed by atoms with Crippen LogP contribution in [0.3, 0.4) is 0 Å². The molecule has 0 aliphatic carbocycles. The van der Waals surface area contributed by atoms with Crippen LogP contribution in [0.25, 0.3) is 0 Å². The molecule has 0 fully saturated rings. The van der Waals surface area contributed by atoms with Crippen molar-refractivity contribution >= 4 is 20.7 Å². The van der Waals surface area contributed by atoms with Gasteiger partial charge in [0.05, 0.1) is 4.90 Å². The van der Waals surface area contributed by atoms with E-state index in [1.807, 2.05) is 0 Å². The maximum absolute atomic E-state index is 11.5. The van der Waals surface area contributed by atoms with Crippen molar-refractivity contribution in [3.8, 4) is 0 Å². The van der Waals surface area contributed by atoms with E-state index < -0.39 is 20.7 Å². The van der Waals surface area contributed by atoms with Crippen molar-refractivity contribution in [1.29, 1.82) is 0 Å². The zero-order chi connectivity index (χ0) is 9.90. The second-order valence-corrected chi connectivity index (χ2v) is 6.20. The third-order valence-corrected chi connectivity index (χ3v) is 4.13. The Morgan fingerprint density at radius 3 is 2.15 bits per heavy atom. The van der Waals surface area contributed by atoms with Crippen LogP contribution in [0.5, 0.6) is 0 Å². The molecule has 0 amide bonds. The topological polar surface area (TPSA) is 46.5 Å². The molecule has 0 bridgehead atoms. The molecule has 0 aliphatic rings. The molecule has 0 aromatic heterocycles. The molecule has 5 heteroatoms. The molecular weight excluding hydrogens is 206 g/mol. The largest absolute Gasteiger partial charge is 0.287 e. The monoisotopic (exact) mass is 217 g/mol. The van der Waals surface area contributed by atoms with Crippen LogP contribution >= 0.6 is 0 Å². The Morgan fingerprint density at radius 1 is 1.15 bits per heavy atom. The van der Waals surface area contributed by atoms with E-state index in [4.69, 9.17) is 0 Å². The number of hydrogen-bond donors (Lipinski definition) is 0. The second-order valence-electron chi connectivity index (χ2n) is 2.64. The fraction of sp³-hybridized carbons (Fsp3) is 0.250. The van der Waals surface area contributed by atoms with Crippen molar-refractivity contribution in [2.24, 2.45) is 3.77 Å². The zero-order valence-corrected chi connectivity index (χ0v) is 9.10. The summed E-state index contributed by atoms with van der Waals surface area (Å²) in [5.41, 5.74) is 0. The first-order chi connectivity index (χ1) is 6.02. The molecule has 13 heavy (non-hydrogen) atoms. The second kappa shape index (κ2) is 4.02. The Balaban J connectivity index is 3.18. The highest BCUT2D eigenvalue weighted by atomic mass is 32.3. The summed E-state index contributed by atoms with van der Waals surface area (Å²) in [6.07, 6.45) is 3.53. The van der Waals surface area contributed by atoms with Gasteiger partial charge < -0.3 is 0 Å². The predicted molar refractivity (Wildman–Crippen MR) is 55.3 cm³/mol. The molecule has 3 nitrogen and oxygen atoms in total. The van der Waals surface area contributed by atoms with Crippen molar-refractivity contribution in [2.45, 2.75) is 4.90 Å². The van der Waals surface area contributed by atoms with E-state index in [1.54, 1.807) is 42.8 Å². The van der Waals surface area contributed by atoms with Crippen molar-refractivity contribution in [3.63, 3.8) is 0 Å². The molecule has 72 valence electrons. The van der Waals surface area contributed by atoms with Gasteiger partial charge in [0.15, 0.2) is 0 Å². The van der Waals surface area contributed by atoms with Gasteiger partial charge in [-0.05, 0) is 24.6 Å². The fourth-order valence-corrected chi connectivity index (χ4v) is 3.25. The van der Waals surface area contributed by atoms with E-state index in [-0.39, 0.29) is 4.90 Å². The van der Waals surface area contributed by atoms with E-state index in [0.717, 1.165) is 0 Å². The molecule has 0 N–H and O–H groups in total. The molecule has 1 aromatic carbocycles. The summed E-state index contributed by atoms with van der Waals surface area (Å²) in [5, 5.41) is 0. The standard InChI is InChI=1S/C8H11NO2S2/c1-12(2)9-13(10,11)8-6-4-3-5-7-8/h3-7H,1-2H3. The van der Waals surface area contributed by atoms with Gasteiger partial charge in [-0.25, -0.2) is 0 Å². The molecule has 0 aliphatic heterocycles. The van der Waals surface area contributed by atoms with Crippen LogP contribution in [0.4, 0.5) is 0 Å². The maximum atomic E-state index is 11.5. The highest BCUT2D eigenvalue weighted by molar-refractivity contribution is 7.99. The molecule has 0 atom stereocenters. The average Bonchev–Trinajstić information content (AvgIpc) is 2.04. The molecule has 0 heterocycles. The van der Waals surface area contributed by atoms with Crippen LogP contribution in [0, 0.1) is 0 Å². The van der Waals surface area contributed by atoms with Crippen molar-refractivity contribution < 1.29 is 8.42 Å². The van der Waals surface area contributed by atoms with Gasteiger partial charge in [0, 0.05) is 0 Å². The summed E-state index contributed by atoms with van der Waals surface area (Å²) in [5.74, 6) is 0. The number of benzene rings is 1. The lowest BCUT2D eigenvalue weighted by atomic mass is 10.4. The molecule has 1 rings (SSSR count). The Hall–Kier alpha value is -0.680. The average molecular weight is 217 g/mol. The van der Waals surface area contributed by atoms with Gasteiger partial charge in [-0.1, -0.05) is 28.9 Å². The Bertz CT molecular complexity index is 405. The van der Waals surface area contributed by atoms with Crippen LogP contribution in [-0.2, 0) is 20.7 Å². The van der Waals surface area contributed by atoms with Gasteiger partial charge in [-0.15, -0.1) is 3.77 Å². The number of rotatable bonds is 2. The van der Waals surface area contributed by atoms with Gasteiger partial charge in [0.1, 0.15) is 0 Å². The summed E-state index contributed by atoms with van der Waals surface area (Å²) < 4.78 is 26.6. The zero-order valence-electron chi connectivity index (χ0n) is 7.47. The SMILES string of the molecule is CS(C)=NS(=O)(=O)c1ccccc1. The molecule has 1 aromatic rings. The van der Waals surface area contributed by atoms with E-state index in [0.29, 0.717) is 0 Å². The molecule has 0 spiro atoms. The fourth-order valence-electron chi connectivity index (χ4n) is 0.832. The number of hydrogen-bond acceptors (Lipinski definition) is 2. The first-order valence-electron chi connectivity index (χ1n) is 3.63. The van der Waals surface area contributed by atoms with Crippen LogP contribution in [0.15, 0.2) is 39.0 Å². The molecular formula is C8H11NO2S2. The molecule has 0 unspecified atom stereocenters. The summed E-state index contributed by atoms with van der Waals surface area (Å²) >= 11 is 0. The minimum absolute atomic E-state index is 0.260. The quantitative estimate of drug-likeness (QED) is 0.752. The van der Waals surface area contributed by atoms with Crippen LogP contribution in [0.1, 0.15) is 0 Å². The van der Waals surface area contributed by atoms with Gasteiger partial charge in [0.2, 0.25) is 0 Å². The first-order valence-corrected chi connectivity index (χ1v) is 7.07. The van der Waals surface area contributed by atoms with E-state index in [2.05, 4.69) is 3.77 Å². The number of sulfonamides is 1. The Kier molecular flexibility index (Phi) is 3.22. The van der Waals surface area contributed by atoms with Gasteiger partial charge in [-0.2, -0.15) is 8.42 Å². The van der Waals surface area contributed by atoms with Crippen LogP contribution in [-0.4, -0.2) is 20.9 Å². The van der Waals surface area contributed by atoms with Crippen LogP contribution in [0.2, 0.25) is 0 Å². The molecule has 0 radical (unpaired) electrons.